The van der Waals surface area contributed by atoms with E-state index in [2.05, 4.69) is 5.32 Å². The molecule has 4 nitrogen and oxygen atoms in total. The average Bonchev–Trinajstić information content (AvgIpc) is 2.73. The number of anilines is 1. The zero-order chi connectivity index (χ0) is 21.9. The lowest BCUT2D eigenvalue weighted by Crippen LogP contribution is -2.43. The summed E-state index contributed by atoms with van der Waals surface area (Å²) in [4.78, 5) is 14.2. The van der Waals surface area contributed by atoms with E-state index in [4.69, 9.17) is 5.26 Å². The maximum absolute atomic E-state index is 13.2. The molecule has 7 heteroatoms. The number of nitriles is 1. The summed E-state index contributed by atoms with van der Waals surface area (Å²) >= 11 is 0. The standard InChI is InChI=1S/C23H24F3N3O/c1-15-3-5-16(6-4-15)22(30)28-18-8-11-19(12-9-18)29(2)20-10-7-17(14-27)21(13-20)23(24,25)26/h3-7,10,13,18-19H,8-9,11-12H2,1-2H3,(H,28,30). The molecule has 2 aromatic rings. The Balaban J connectivity index is 1.61. The molecular weight excluding hydrogens is 391 g/mol. The van der Waals surface area contributed by atoms with Crippen molar-refractivity contribution in [3.8, 4) is 6.07 Å². The van der Waals surface area contributed by atoms with Crippen LogP contribution in [-0.2, 0) is 6.18 Å². The van der Waals surface area contributed by atoms with Gasteiger partial charge in [-0.15, -0.1) is 0 Å². The fourth-order valence-corrected chi connectivity index (χ4v) is 3.88. The predicted molar refractivity (Wildman–Crippen MR) is 109 cm³/mol. The maximum atomic E-state index is 13.2. The van der Waals surface area contributed by atoms with Crippen LogP contribution < -0.4 is 10.2 Å². The molecule has 2 aromatic carbocycles. The number of nitrogens with one attached hydrogen (secondary N) is 1. The van der Waals surface area contributed by atoms with Crippen molar-refractivity contribution in [1.82, 2.24) is 5.32 Å². The van der Waals surface area contributed by atoms with Gasteiger partial charge in [0.1, 0.15) is 0 Å². The molecule has 0 bridgehead atoms. The van der Waals surface area contributed by atoms with E-state index < -0.39 is 11.7 Å². The van der Waals surface area contributed by atoms with Crippen LogP contribution >= 0.6 is 0 Å². The zero-order valence-corrected chi connectivity index (χ0v) is 17.0. The first-order valence-corrected chi connectivity index (χ1v) is 9.90. The summed E-state index contributed by atoms with van der Waals surface area (Å²) in [6, 6.07) is 13.0. The van der Waals surface area contributed by atoms with Crippen LogP contribution in [0.2, 0.25) is 0 Å². The van der Waals surface area contributed by atoms with E-state index in [1.807, 2.05) is 24.0 Å². The van der Waals surface area contributed by atoms with Crippen molar-refractivity contribution in [2.75, 3.05) is 11.9 Å². The van der Waals surface area contributed by atoms with Crippen LogP contribution in [0.3, 0.4) is 0 Å². The molecule has 30 heavy (non-hydrogen) atoms. The molecule has 1 fully saturated rings. The van der Waals surface area contributed by atoms with Gasteiger partial charge in [-0.25, -0.2) is 0 Å². The molecule has 0 aliphatic heterocycles. The Morgan fingerprint density at radius 2 is 1.73 bits per heavy atom. The highest BCUT2D eigenvalue weighted by atomic mass is 19.4. The van der Waals surface area contributed by atoms with E-state index in [1.165, 1.54) is 6.07 Å². The second-order valence-corrected chi connectivity index (χ2v) is 7.80. The molecule has 3 rings (SSSR count). The average molecular weight is 415 g/mol. The monoisotopic (exact) mass is 415 g/mol. The van der Waals surface area contributed by atoms with E-state index in [1.54, 1.807) is 31.3 Å². The number of halogens is 3. The number of amides is 1. The quantitative estimate of drug-likeness (QED) is 0.759. The Kier molecular flexibility index (Phi) is 6.35. The first-order valence-electron chi connectivity index (χ1n) is 9.90. The van der Waals surface area contributed by atoms with Gasteiger partial charge in [0.05, 0.1) is 17.2 Å². The first kappa shape index (κ1) is 21.7. The molecule has 158 valence electrons. The van der Waals surface area contributed by atoms with E-state index >= 15 is 0 Å². The van der Waals surface area contributed by atoms with E-state index in [-0.39, 0.29) is 23.6 Å². The fraction of sp³-hybridized carbons (Fsp3) is 0.391. The van der Waals surface area contributed by atoms with Crippen LogP contribution in [0.15, 0.2) is 42.5 Å². The Hall–Kier alpha value is -3.01. The van der Waals surface area contributed by atoms with Crippen LogP contribution in [0.25, 0.3) is 0 Å². The van der Waals surface area contributed by atoms with Crippen molar-refractivity contribution < 1.29 is 18.0 Å². The Morgan fingerprint density at radius 3 is 2.30 bits per heavy atom. The third-order valence-electron chi connectivity index (χ3n) is 5.73. The second kappa shape index (κ2) is 8.78. The Bertz CT molecular complexity index is 940. The summed E-state index contributed by atoms with van der Waals surface area (Å²) in [6.45, 7) is 1.96. The van der Waals surface area contributed by atoms with Gasteiger partial charge in [0.2, 0.25) is 0 Å². The second-order valence-electron chi connectivity index (χ2n) is 7.80. The molecule has 1 amide bonds. The summed E-state index contributed by atoms with van der Waals surface area (Å²) in [5.41, 5.74) is 0.868. The SMILES string of the molecule is Cc1ccc(C(=O)NC2CCC(N(C)c3ccc(C#N)c(C(F)(F)F)c3)CC2)cc1. The number of aryl methyl sites for hydroxylation is 1. The van der Waals surface area contributed by atoms with Gasteiger partial charge in [-0.1, -0.05) is 17.7 Å². The number of carbonyl (C=O) groups excluding carboxylic acids is 1. The molecule has 1 aliphatic carbocycles. The van der Waals surface area contributed by atoms with Crippen molar-refractivity contribution in [2.24, 2.45) is 0 Å². The van der Waals surface area contributed by atoms with Crippen LogP contribution in [0, 0.1) is 18.3 Å². The molecule has 1 N–H and O–H groups in total. The summed E-state index contributed by atoms with van der Waals surface area (Å²) in [5, 5.41) is 12.0. The number of hydrogen-bond donors (Lipinski definition) is 1. The van der Waals surface area contributed by atoms with Crippen molar-refractivity contribution in [3.05, 3.63) is 64.7 Å². The normalized spacial score (nSPS) is 19.1. The van der Waals surface area contributed by atoms with Gasteiger partial charge in [0.15, 0.2) is 0 Å². The first-order chi connectivity index (χ1) is 14.2. The minimum Gasteiger partial charge on any atom is -0.372 e. The number of benzene rings is 2. The predicted octanol–water partition coefficient (Wildman–Crippen LogP) is 5.06. The Morgan fingerprint density at radius 1 is 1.10 bits per heavy atom. The molecule has 1 saturated carbocycles. The molecular formula is C23H24F3N3O. The van der Waals surface area contributed by atoms with Crippen molar-refractivity contribution in [2.45, 2.75) is 50.9 Å². The zero-order valence-electron chi connectivity index (χ0n) is 17.0. The van der Waals surface area contributed by atoms with Crippen molar-refractivity contribution in [1.29, 1.82) is 5.26 Å². The fourth-order valence-electron chi connectivity index (χ4n) is 3.88. The summed E-state index contributed by atoms with van der Waals surface area (Å²) in [7, 11) is 1.78. The number of hydrogen-bond acceptors (Lipinski definition) is 3. The molecule has 0 heterocycles. The van der Waals surface area contributed by atoms with E-state index in [0.29, 0.717) is 11.3 Å². The minimum absolute atomic E-state index is 0.0511. The topological polar surface area (TPSA) is 56.1 Å². The van der Waals surface area contributed by atoms with Gasteiger partial charge in [0.25, 0.3) is 5.91 Å². The van der Waals surface area contributed by atoms with Gasteiger partial charge in [-0.05, 0) is 62.9 Å². The summed E-state index contributed by atoms with van der Waals surface area (Å²) in [5.74, 6) is -0.103. The van der Waals surface area contributed by atoms with Crippen LogP contribution in [-0.4, -0.2) is 25.0 Å². The summed E-state index contributed by atoms with van der Waals surface area (Å²) in [6.07, 6.45) is -1.53. The number of nitrogens with zero attached hydrogens (tertiary/aromatic N) is 2. The van der Waals surface area contributed by atoms with Gasteiger partial charge in [0, 0.05) is 30.4 Å². The van der Waals surface area contributed by atoms with Crippen LogP contribution in [0.4, 0.5) is 18.9 Å². The third kappa shape index (κ3) is 4.93. The van der Waals surface area contributed by atoms with E-state index in [0.717, 1.165) is 37.3 Å². The Labute approximate surface area is 174 Å². The molecule has 0 radical (unpaired) electrons. The van der Waals surface area contributed by atoms with Crippen molar-refractivity contribution in [3.63, 3.8) is 0 Å². The largest absolute Gasteiger partial charge is 0.417 e. The number of carbonyl (C=O) groups is 1. The molecule has 1 aliphatic rings. The smallest absolute Gasteiger partial charge is 0.372 e. The van der Waals surface area contributed by atoms with Crippen LogP contribution in [0.1, 0.15) is 52.7 Å². The number of rotatable bonds is 4. The highest BCUT2D eigenvalue weighted by molar-refractivity contribution is 5.94. The third-order valence-corrected chi connectivity index (χ3v) is 5.73. The molecule has 0 saturated heterocycles. The van der Waals surface area contributed by atoms with Gasteiger partial charge >= 0.3 is 6.18 Å². The van der Waals surface area contributed by atoms with Crippen LogP contribution in [0.5, 0.6) is 0 Å². The summed E-state index contributed by atoms with van der Waals surface area (Å²) < 4.78 is 39.7. The van der Waals surface area contributed by atoms with Gasteiger partial charge in [-0.2, -0.15) is 18.4 Å². The minimum atomic E-state index is -4.57. The van der Waals surface area contributed by atoms with Gasteiger partial charge in [-0.3, -0.25) is 4.79 Å². The number of alkyl halides is 3. The highest BCUT2D eigenvalue weighted by Gasteiger charge is 2.34. The molecule has 0 unspecified atom stereocenters. The highest BCUT2D eigenvalue weighted by Crippen LogP contribution is 2.35. The molecule has 0 spiro atoms. The lowest BCUT2D eigenvalue weighted by Gasteiger charge is -2.36. The van der Waals surface area contributed by atoms with Crippen molar-refractivity contribution >= 4 is 11.6 Å². The lowest BCUT2D eigenvalue weighted by atomic mass is 9.89. The lowest BCUT2D eigenvalue weighted by molar-refractivity contribution is -0.137. The maximum Gasteiger partial charge on any atom is 0.417 e. The van der Waals surface area contributed by atoms with E-state index in [9.17, 15) is 18.0 Å². The van der Waals surface area contributed by atoms with Gasteiger partial charge < -0.3 is 10.2 Å². The molecule has 0 atom stereocenters. The molecule has 0 aromatic heterocycles.